The Morgan fingerprint density at radius 2 is 1.94 bits per heavy atom. The van der Waals surface area contributed by atoms with Crippen molar-refractivity contribution in [1.82, 2.24) is 14.8 Å². The Hall–Kier alpha value is -2.76. The van der Waals surface area contributed by atoms with E-state index in [-0.39, 0.29) is 5.69 Å². The van der Waals surface area contributed by atoms with Crippen molar-refractivity contribution in [2.45, 2.75) is 0 Å². The lowest BCUT2D eigenvalue weighted by atomic mass is 10.3. The smallest absolute Gasteiger partial charge is 0.258 e. The molecule has 2 heterocycles. The lowest BCUT2D eigenvalue weighted by Crippen LogP contribution is -1.97. The molecule has 0 aliphatic carbocycles. The number of fused-ring (bicyclic) bond motifs is 1. The molecule has 0 unspecified atom stereocenters. The van der Waals surface area contributed by atoms with Crippen molar-refractivity contribution in [1.29, 1.82) is 0 Å². The summed E-state index contributed by atoms with van der Waals surface area (Å²) in [6.45, 7) is 0. The average Bonchev–Trinajstić information content (AvgIpc) is 2.82. The highest BCUT2D eigenvalue weighted by atomic mass is 16.6. The number of non-ortho nitro benzene ring substituents is 1. The number of nitro benzene ring substituents is 1. The zero-order valence-corrected chi connectivity index (χ0v) is 9.22. The quantitative estimate of drug-likeness (QED) is 0.509. The topological polar surface area (TPSA) is 73.8 Å². The number of nitro groups is 1. The molecular weight excluding hydrogens is 232 g/mol. The molecule has 2 aromatic heterocycles. The van der Waals surface area contributed by atoms with E-state index in [4.69, 9.17) is 0 Å². The molecule has 0 spiro atoms. The second kappa shape index (κ2) is 3.92. The Morgan fingerprint density at radius 1 is 1.17 bits per heavy atom. The van der Waals surface area contributed by atoms with Gasteiger partial charge in [0, 0.05) is 23.7 Å². The van der Waals surface area contributed by atoms with Crippen molar-refractivity contribution in [2.24, 2.45) is 0 Å². The van der Waals surface area contributed by atoms with Gasteiger partial charge in [0.15, 0.2) is 5.65 Å². The van der Waals surface area contributed by atoms with Gasteiger partial charge in [-0.1, -0.05) is 0 Å². The van der Waals surface area contributed by atoms with Crippen LogP contribution in [0.4, 0.5) is 5.69 Å². The van der Waals surface area contributed by atoms with Gasteiger partial charge < -0.3 is 0 Å². The summed E-state index contributed by atoms with van der Waals surface area (Å²) in [5.74, 6) is 0. The van der Waals surface area contributed by atoms with Crippen LogP contribution in [0.5, 0.6) is 0 Å². The third-order valence-electron chi connectivity index (χ3n) is 2.63. The number of nitrogens with zero attached hydrogens (tertiary/aromatic N) is 4. The largest absolute Gasteiger partial charge is 0.269 e. The first kappa shape index (κ1) is 10.4. The van der Waals surface area contributed by atoms with Gasteiger partial charge in [-0.25, -0.2) is 9.67 Å². The van der Waals surface area contributed by atoms with Gasteiger partial charge in [0.2, 0.25) is 0 Å². The lowest BCUT2D eigenvalue weighted by molar-refractivity contribution is -0.384. The molecule has 0 radical (unpaired) electrons. The Morgan fingerprint density at radius 3 is 2.67 bits per heavy atom. The van der Waals surface area contributed by atoms with Crippen molar-refractivity contribution in [2.75, 3.05) is 0 Å². The van der Waals surface area contributed by atoms with Crippen molar-refractivity contribution in [3.8, 4) is 5.69 Å². The first-order valence-corrected chi connectivity index (χ1v) is 5.29. The van der Waals surface area contributed by atoms with Crippen LogP contribution in [0.3, 0.4) is 0 Å². The van der Waals surface area contributed by atoms with Crippen LogP contribution in [0.25, 0.3) is 16.7 Å². The van der Waals surface area contributed by atoms with Crippen LogP contribution in [0, 0.1) is 10.1 Å². The molecule has 0 amide bonds. The van der Waals surface area contributed by atoms with Gasteiger partial charge in [-0.2, -0.15) is 5.10 Å². The number of benzene rings is 1. The molecular formula is C12H8N4O2. The van der Waals surface area contributed by atoms with E-state index in [1.54, 1.807) is 29.2 Å². The minimum absolute atomic E-state index is 0.0585. The van der Waals surface area contributed by atoms with E-state index < -0.39 is 4.92 Å². The van der Waals surface area contributed by atoms with Crippen LogP contribution in [-0.2, 0) is 0 Å². The average molecular weight is 240 g/mol. The molecule has 6 nitrogen and oxygen atoms in total. The SMILES string of the molecule is O=[N+]([O-])c1ccc(-n2ncc3cccnc32)cc1. The minimum Gasteiger partial charge on any atom is -0.258 e. The summed E-state index contributed by atoms with van der Waals surface area (Å²) < 4.78 is 1.65. The molecule has 0 aliphatic rings. The van der Waals surface area contributed by atoms with Crippen molar-refractivity contribution >= 4 is 16.7 Å². The summed E-state index contributed by atoms with van der Waals surface area (Å²) in [6.07, 6.45) is 3.40. The van der Waals surface area contributed by atoms with E-state index in [1.807, 2.05) is 12.1 Å². The van der Waals surface area contributed by atoms with E-state index >= 15 is 0 Å². The van der Waals surface area contributed by atoms with Gasteiger partial charge >= 0.3 is 0 Å². The summed E-state index contributed by atoms with van der Waals surface area (Å²) in [6, 6.07) is 9.96. The van der Waals surface area contributed by atoms with Gasteiger partial charge in [0.1, 0.15) is 0 Å². The number of pyridine rings is 1. The Balaban J connectivity index is 2.12. The summed E-state index contributed by atoms with van der Waals surface area (Å²) in [7, 11) is 0. The second-order valence-corrected chi connectivity index (χ2v) is 3.75. The predicted molar refractivity (Wildman–Crippen MR) is 65.5 cm³/mol. The van der Waals surface area contributed by atoms with E-state index in [1.165, 1.54) is 12.1 Å². The highest BCUT2D eigenvalue weighted by molar-refractivity contribution is 5.75. The Bertz CT molecular complexity index is 718. The standard InChI is InChI=1S/C12H8N4O2/c17-16(18)11-5-3-10(4-6-11)15-12-9(8-14-15)2-1-7-13-12/h1-8H. The van der Waals surface area contributed by atoms with E-state index in [9.17, 15) is 10.1 Å². The number of rotatable bonds is 2. The zero-order valence-electron chi connectivity index (χ0n) is 9.22. The first-order chi connectivity index (χ1) is 8.75. The maximum Gasteiger partial charge on any atom is 0.269 e. The molecule has 3 aromatic rings. The molecule has 88 valence electrons. The molecule has 0 saturated carbocycles. The summed E-state index contributed by atoms with van der Waals surface area (Å²) in [4.78, 5) is 14.4. The fourth-order valence-corrected chi connectivity index (χ4v) is 1.77. The molecule has 0 fully saturated rings. The van der Waals surface area contributed by atoms with Crippen LogP contribution < -0.4 is 0 Å². The fourth-order valence-electron chi connectivity index (χ4n) is 1.77. The van der Waals surface area contributed by atoms with Crippen LogP contribution in [-0.4, -0.2) is 19.7 Å². The molecule has 1 aromatic carbocycles. The number of hydrogen-bond donors (Lipinski definition) is 0. The van der Waals surface area contributed by atoms with Crippen LogP contribution in [0.15, 0.2) is 48.8 Å². The van der Waals surface area contributed by atoms with Gasteiger partial charge in [0.25, 0.3) is 5.69 Å². The normalized spacial score (nSPS) is 10.7. The molecule has 0 aliphatic heterocycles. The minimum atomic E-state index is -0.427. The monoisotopic (exact) mass is 240 g/mol. The van der Waals surface area contributed by atoms with Gasteiger partial charge in [0.05, 0.1) is 16.8 Å². The summed E-state index contributed by atoms with van der Waals surface area (Å²) >= 11 is 0. The first-order valence-electron chi connectivity index (χ1n) is 5.29. The predicted octanol–water partition coefficient (Wildman–Crippen LogP) is 2.33. The highest BCUT2D eigenvalue weighted by Gasteiger charge is 2.08. The molecule has 0 atom stereocenters. The Labute approximate surface area is 102 Å². The molecule has 6 heteroatoms. The van der Waals surface area contributed by atoms with Crippen molar-refractivity contribution < 1.29 is 4.92 Å². The van der Waals surface area contributed by atoms with E-state index in [0.29, 0.717) is 0 Å². The van der Waals surface area contributed by atoms with Crippen LogP contribution >= 0.6 is 0 Å². The maximum atomic E-state index is 10.6. The lowest BCUT2D eigenvalue weighted by Gasteiger charge is -2.01. The van der Waals surface area contributed by atoms with Gasteiger partial charge in [-0.05, 0) is 24.3 Å². The molecule has 0 saturated heterocycles. The summed E-state index contributed by atoms with van der Waals surface area (Å²) in [5, 5.41) is 15.7. The number of hydrogen-bond acceptors (Lipinski definition) is 4. The van der Waals surface area contributed by atoms with Crippen molar-refractivity contribution in [3.63, 3.8) is 0 Å². The third kappa shape index (κ3) is 1.60. The second-order valence-electron chi connectivity index (χ2n) is 3.75. The number of aromatic nitrogens is 3. The van der Waals surface area contributed by atoms with E-state index in [2.05, 4.69) is 10.1 Å². The van der Waals surface area contributed by atoms with Gasteiger partial charge in [-0.15, -0.1) is 0 Å². The molecule has 0 N–H and O–H groups in total. The van der Waals surface area contributed by atoms with Crippen LogP contribution in [0.1, 0.15) is 0 Å². The van der Waals surface area contributed by atoms with Gasteiger partial charge in [-0.3, -0.25) is 10.1 Å². The maximum absolute atomic E-state index is 10.6. The third-order valence-corrected chi connectivity index (χ3v) is 2.63. The zero-order chi connectivity index (χ0) is 12.5. The van der Waals surface area contributed by atoms with E-state index in [0.717, 1.165) is 16.7 Å². The Kier molecular flexibility index (Phi) is 2.26. The van der Waals surface area contributed by atoms with Crippen molar-refractivity contribution in [3.05, 3.63) is 58.9 Å². The molecule has 18 heavy (non-hydrogen) atoms. The summed E-state index contributed by atoms with van der Waals surface area (Å²) in [5.41, 5.74) is 1.53. The fraction of sp³-hybridized carbons (Fsp3) is 0. The molecule has 0 bridgehead atoms. The molecule has 3 rings (SSSR count). The van der Waals surface area contributed by atoms with Crippen LogP contribution in [0.2, 0.25) is 0 Å². The highest BCUT2D eigenvalue weighted by Crippen LogP contribution is 2.18.